The molecule has 12 heavy (non-hydrogen) atoms. The Labute approximate surface area is 71.2 Å². The van der Waals surface area contributed by atoms with Crippen LogP contribution in [0.5, 0.6) is 0 Å². The molecule has 0 bridgehead atoms. The van der Waals surface area contributed by atoms with Gasteiger partial charge in [0.15, 0.2) is 6.29 Å². The maximum absolute atomic E-state index is 9.05. The molecular formula is C7H16O5. The lowest BCUT2D eigenvalue weighted by molar-refractivity contribution is -0.209. The Balaban J connectivity index is 3.78. The van der Waals surface area contributed by atoms with Crippen LogP contribution < -0.4 is 0 Å². The van der Waals surface area contributed by atoms with E-state index in [1.807, 2.05) is 0 Å². The summed E-state index contributed by atoms with van der Waals surface area (Å²) in [7, 11) is 0. The second kappa shape index (κ2) is 5.45. The summed E-state index contributed by atoms with van der Waals surface area (Å²) in [4.78, 5) is 0. The summed E-state index contributed by atoms with van der Waals surface area (Å²) in [5.41, 5.74) is 0. The lowest BCUT2D eigenvalue weighted by atomic mass is 10.2. The molecule has 0 aliphatic rings. The van der Waals surface area contributed by atoms with Gasteiger partial charge >= 0.3 is 0 Å². The smallest absolute Gasteiger partial charge is 0.183 e. The summed E-state index contributed by atoms with van der Waals surface area (Å²) < 4.78 is 4.72. The molecule has 0 saturated heterocycles. The van der Waals surface area contributed by atoms with E-state index in [9.17, 15) is 0 Å². The first kappa shape index (κ1) is 11.8. The molecule has 0 aliphatic carbocycles. The standard InChI is InChI=1S/C7H16O5/c1-4(3-8)12-7(11)6(10)5(2)9/h4-11H,3H2,1-2H3/t4?,5?,6-,7+/m0/s1. The van der Waals surface area contributed by atoms with Crippen LogP contribution in [0.2, 0.25) is 0 Å². The summed E-state index contributed by atoms with van der Waals surface area (Å²) in [6, 6.07) is 0. The van der Waals surface area contributed by atoms with Gasteiger partial charge in [-0.2, -0.15) is 0 Å². The molecule has 5 nitrogen and oxygen atoms in total. The van der Waals surface area contributed by atoms with Crippen molar-refractivity contribution in [3.63, 3.8) is 0 Å². The SMILES string of the molecule is CC(CO)O[C@@H](O)[C@@H](O)C(C)O. The molecule has 0 saturated carbocycles. The van der Waals surface area contributed by atoms with Gasteiger partial charge in [0.1, 0.15) is 6.10 Å². The lowest BCUT2D eigenvalue weighted by Gasteiger charge is -2.22. The van der Waals surface area contributed by atoms with Crippen LogP contribution in [0.1, 0.15) is 13.8 Å². The average molecular weight is 180 g/mol. The normalized spacial score (nSPS) is 21.5. The van der Waals surface area contributed by atoms with E-state index in [1.165, 1.54) is 13.8 Å². The topological polar surface area (TPSA) is 90.2 Å². The average Bonchev–Trinajstić information content (AvgIpc) is 2.02. The van der Waals surface area contributed by atoms with E-state index in [2.05, 4.69) is 0 Å². The number of aliphatic hydroxyl groups excluding tert-OH is 4. The van der Waals surface area contributed by atoms with E-state index in [4.69, 9.17) is 25.2 Å². The maximum Gasteiger partial charge on any atom is 0.183 e. The van der Waals surface area contributed by atoms with Gasteiger partial charge < -0.3 is 25.2 Å². The minimum Gasteiger partial charge on any atom is -0.394 e. The Hall–Kier alpha value is -0.200. The third kappa shape index (κ3) is 3.99. The molecule has 4 atom stereocenters. The summed E-state index contributed by atoms with van der Waals surface area (Å²) in [6.45, 7) is 2.63. The fraction of sp³-hybridized carbons (Fsp3) is 1.00. The van der Waals surface area contributed by atoms with E-state index in [0.717, 1.165) is 0 Å². The van der Waals surface area contributed by atoms with Crippen molar-refractivity contribution in [2.45, 2.75) is 38.4 Å². The fourth-order valence-electron chi connectivity index (χ4n) is 0.600. The van der Waals surface area contributed by atoms with Crippen LogP contribution in [0, 0.1) is 0 Å². The maximum atomic E-state index is 9.05. The Kier molecular flexibility index (Phi) is 5.36. The van der Waals surface area contributed by atoms with Crippen molar-refractivity contribution in [1.29, 1.82) is 0 Å². The van der Waals surface area contributed by atoms with Crippen molar-refractivity contribution < 1.29 is 25.2 Å². The van der Waals surface area contributed by atoms with Crippen LogP contribution in [0.3, 0.4) is 0 Å². The second-order valence-corrected chi connectivity index (χ2v) is 2.75. The summed E-state index contributed by atoms with van der Waals surface area (Å²) in [5.74, 6) is 0. The predicted octanol–water partition coefficient (Wildman–Crippen LogP) is -1.56. The van der Waals surface area contributed by atoms with Crippen molar-refractivity contribution in [2.75, 3.05) is 6.61 Å². The largest absolute Gasteiger partial charge is 0.394 e. The molecule has 0 heterocycles. The van der Waals surface area contributed by atoms with Crippen molar-refractivity contribution >= 4 is 0 Å². The molecule has 0 aromatic heterocycles. The summed E-state index contributed by atoms with van der Waals surface area (Å²) in [5, 5.41) is 35.4. The molecule has 5 heteroatoms. The molecule has 2 unspecified atom stereocenters. The summed E-state index contributed by atoms with van der Waals surface area (Å²) in [6.07, 6.45) is -4.44. The zero-order chi connectivity index (χ0) is 9.72. The zero-order valence-corrected chi connectivity index (χ0v) is 7.21. The zero-order valence-electron chi connectivity index (χ0n) is 7.21. The van der Waals surface area contributed by atoms with Gasteiger partial charge in [0.05, 0.1) is 18.8 Å². The lowest BCUT2D eigenvalue weighted by Crippen LogP contribution is -2.39. The van der Waals surface area contributed by atoms with Gasteiger partial charge in [0, 0.05) is 0 Å². The fourth-order valence-corrected chi connectivity index (χ4v) is 0.600. The van der Waals surface area contributed by atoms with E-state index >= 15 is 0 Å². The molecule has 74 valence electrons. The van der Waals surface area contributed by atoms with E-state index in [-0.39, 0.29) is 6.61 Å². The first-order valence-electron chi connectivity index (χ1n) is 3.79. The van der Waals surface area contributed by atoms with Crippen LogP contribution >= 0.6 is 0 Å². The number of ether oxygens (including phenoxy) is 1. The van der Waals surface area contributed by atoms with Crippen LogP contribution in [0.4, 0.5) is 0 Å². The Bertz CT molecular complexity index is 116. The van der Waals surface area contributed by atoms with E-state index in [1.54, 1.807) is 0 Å². The molecule has 0 radical (unpaired) electrons. The van der Waals surface area contributed by atoms with Gasteiger partial charge in [-0.15, -0.1) is 0 Å². The highest BCUT2D eigenvalue weighted by Crippen LogP contribution is 2.03. The van der Waals surface area contributed by atoms with Gasteiger partial charge in [-0.3, -0.25) is 0 Å². The number of hydrogen-bond acceptors (Lipinski definition) is 5. The molecule has 0 fully saturated rings. The highest BCUT2D eigenvalue weighted by atomic mass is 16.6. The number of aliphatic hydroxyl groups is 4. The van der Waals surface area contributed by atoms with Crippen molar-refractivity contribution in [3.05, 3.63) is 0 Å². The molecule has 0 rings (SSSR count). The van der Waals surface area contributed by atoms with Gasteiger partial charge in [0.25, 0.3) is 0 Å². The second-order valence-electron chi connectivity index (χ2n) is 2.75. The summed E-state index contributed by atoms with van der Waals surface area (Å²) >= 11 is 0. The Morgan fingerprint density at radius 2 is 1.67 bits per heavy atom. The van der Waals surface area contributed by atoms with E-state index < -0.39 is 24.6 Å². The van der Waals surface area contributed by atoms with Crippen molar-refractivity contribution in [3.8, 4) is 0 Å². The molecule has 0 aliphatic heterocycles. The van der Waals surface area contributed by atoms with Gasteiger partial charge in [-0.05, 0) is 13.8 Å². The van der Waals surface area contributed by atoms with Gasteiger partial charge in [-0.1, -0.05) is 0 Å². The highest BCUT2D eigenvalue weighted by molar-refractivity contribution is 4.65. The molecule has 4 N–H and O–H groups in total. The van der Waals surface area contributed by atoms with Crippen LogP contribution in [-0.2, 0) is 4.74 Å². The quantitative estimate of drug-likeness (QED) is 0.384. The van der Waals surface area contributed by atoms with Crippen LogP contribution in [0.25, 0.3) is 0 Å². The van der Waals surface area contributed by atoms with Crippen LogP contribution in [0.15, 0.2) is 0 Å². The van der Waals surface area contributed by atoms with Gasteiger partial charge in [0.2, 0.25) is 0 Å². The Morgan fingerprint density at radius 3 is 2.00 bits per heavy atom. The Morgan fingerprint density at radius 1 is 1.17 bits per heavy atom. The number of hydrogen-bond donors (Lipinski definition) is 4. The molecule has 0 amide bonds. The highest BCUT2D eigenvalue weighted by Gasteiger charge is 2.23. The first-order chi connectivity index (χ1) is 5.49. The number of rotatable bonds is 5. The molecular weight excluding hydrogens is 164 g/mol. The first-order valence-corrected chi connectivity index (χ1v) is 3.79. The van der Waals surface area contributed by atoms with E-state index in [0.29, 0.717) is 0 Å². The third-order valence-electron chi connectivity index (χ3n) is 1.42. The van der Waals surface area contributed by atoms with Crippen molar-refractivity contribution in [1.82, 2.24) is 0 Å². The van der Waals surface area contributed by atoms with Crippen molar-refractivity contribution in [2.24, 2.45) is 0 Å². The monoisotopic (exact) mass is 180 g/mol. The third-order valence-corrected chi connectivity index (χ3v) is 1.42. The molecule has 0 spiro atoms. The minimum atomic E-state index is -1.47. The molecule has 0 aromatic rings. The minimum absolute atomic E-state index is 0.246. The van der Waals surface area contributed by atoms with Crippen LogP contribution in [-0.4, -0.2) is 51.6 Å². The predicted molar refractivity (Wildman–Crippen MR) is 41.3 cm³/mol. The molecule has 0 aromatic carbocycles. The van der Waals surface area contributed by atoms with Gasteiger partial charge in [-0.25, -0.2) is 0 Å².